The van der Waals surface area contributed by atoms with Crippen molar-refractivity contribution in [3.05, 3.63) is 48.5 Å². The van der Waals surface area contributed by atoms with Gasteiger partial charge in [-0.15, -0.1) is 0 Å². The molecule has 1 saturated heterocycles. The Balaban J connectivity index is 1.75. The highest BCUT2D eigenvalue weighted by molar-refractivity contribution is 7.99. The second-order valence-corrected chi connectivity index (χ2v) is 8.01. The molecule has 0 radical (unpaired) electrons. The van der Waals surface area contributed by atoms with E-state index in [0.29, 0.717) is 5.41 Å². The third-order valence-electron chi connectivity index (χ3n) is 4.82. The molecule has 2 aromatic carbocycles. The molecule has 2 heterocycles. The molecule has 0 amide bonds. The van der Waals surface area contributed by atoms with Gasteiger partial charge >= 0.3 is 0 Å². The fourth-order valence-corrected chi connectivity index (χ4v) is 4.83. The van der Waals surface area contributed by atoms with Crippen LogP contribution in [0.4, 0.5) is 11.4 Å². The SMILES string of the molecule is CN1CC[C@@](C)(CN2c3ccccc3Sc3ccccc32)C1. The van der Waals surface area contributed by atoms with Gasteiger partial charge in [0.05, 0.1) is 11.4 Å². The van der Waals surface area contributed by atoms with Crippen LogP contribution in [0.3, 0.4) is 0 Å². The van der Waals surface area contributed by atoms with E-state index in [9.17, 15) is 0 Å². The van der Waals surface area contributed by atoms with Crippen molar-refractivity contribution in [3.63, 3.8) is 0 Å². The van der Waals surface area contributed by atoms with Crippen molar-refractivity contribution in [1.29, 1.82) is 0 Å². The first-order valence-corrected chi connectivity index (χ1v) is 8.78. The highest BCUT2D eigenvalue weighted by Crippen LogP contribution is 2.49. The van der Waals surface area contributed by atoms with Crippen LogP contribution >= 0.6 is 11.8 Å². The predicted molar refractivity (Wildman–Crippen MR) is 94.2 cm³/mol. The molecule has 2 aromatic rings. The highest BCUT2D eigenvalue weighted by atomic mass is 32.2. The van der Waals surface area contributed by atoms with Crippen LogP contribution in [0.5, 0.6) is 0 Å². The van der Waals surface area contributed by atoms with Crippen molar-refractivity contribution in [2.45, 2.75) is 23.1 Å². The summed E-state index contributed by atoms with van der Waals surface area (Å²) in [6, 6.07) is 17.6. The van der Waals surface area contributed by atoms with Gasteiger partial charge in [-0.25, -0.2) is 0 Å². The van der Waals surface area contributed by atoms with Crippen molar-refractivity contribution in [1.82, 2.24) is 4.90 Å². The average molecular weight is 310 g/mol. The van der Waals surface area contributed by atoms with E-state index in [0.717, 1.165) is 6.54 Å². The summed E-state index contributed by atoms with van der Waals surface area (Å²) in [6.07, 6.45) is 1.28. The van der Waals surface area contributed by atoms with Gasteiger partial charge in [0, 0.05) is 22.9 Å². The Kier molecular flexibility index (Phi) is 3.43. The van der Waals surface area contributed by atoms with E-state index in [1.54, 1.807) is 0 Å². The van der Waals surface area contributed by atoms with Crippen molar-refractivity contribution in [2.75, 3.05) is 31.6 Å². The Morgan fingerprint density at radius 1 is 1.00 bits per heavy atom. The number of likely N-dealkylation sites (tertiary alicyclic amines) is 1. The molecule has 114 valence electrons. The summed E-state index contributed by atoms with van der Waals surface area (Å²) < 4.78 is 0. The van der Waals surface area contributed by atoms with Crippen LogP contribution in [0.1, 0.15) is 13.3 Å². The van der Waals surface area contributed by atoms with E-state index in [1.807, 2.05) is 11.8 Å². The molecule has 3 heteroatoms. The van der Waals surface area contributed by atoms with Gasteiger partial charge < -0.3 is 9.80 Å². The average Bonchev–Trinajstić information content (AvgIpc) is 2.86. The van der Waals surface area contributed by atoms with Gasteiger partial charge in [0.1, 0.15) is 0 Å². The van der Waals surface area contributed by atoms with E-state index in [1.165, 1.54) is 40.7 Å². The van der Waals surface area contributed by atoms with Crippen molar-refractivity contribution in [3.8, 4) is 0 Å². The molecule has 0 spiro atoms. The molecule has 2 aliphatic rings. The lowest BCUT2D eigenvalue weighted by Gasteiger charge is -2.38. The van der Waals surface area contributed by atoms with Crippen LogP contribution in [-0.2, 0) is 0 Å². The third-order valence-corrected chi connectivity index (χ3v) is 5.95. The van der Waals surface area contributed by atoms with E-state index in [-0.39, 0.29) is 0 Å². The summed E-state index contributed by atoms with van der Waals surface area (Å²) in [4.78, 5) is 7.74. The Hall–Kier alpha value is -1.45. The zero-order chi connectivity index (χ0) is 15.2. The molecule has 1 atom stereocenters. The fraction of sp³-hybridized carbons (Fsp3) is 0.368. The first-order chi connectivity index (χ1) is 10.6. The number of hydrogen-bond donors (Lipinski definition) is 0. The summed E-state index contributed by atoms with van der Waals surface area (Å²) in [6.45, 7) is 5.92. The monoisotopic (exact) mass is 310 g/mol. The van der Waals surface area contributed by atoms with Gasteiger partial charge in [0.2, 0.25) is 0 Å². The van der Waals surface area contributed by atoms with Crippen LogP contribution in [0.25, 0.3) is 0 Å². The summed E-state index contributed by atoms with van der Waals surface area (Å²) >= 11 is 1.89. The number of hydrogen-bond acceptors (Lipinski definition) is 3. The maximum absolute atomic E-state index is 2.54. The van der Waals surface area contributed by atoms with Crippen molar-refractivity contribution < 1.29 is 0 Å². The number of rotatable bonds is 2. The lowest BCUT2D eigenvalue weighted by atomic mass is 9.88. The lowest BCUT2D eigenvalue weighted by molar-refractivity contribution is 0.316. The predicted octanol–water partition coefficient (Wildman–Crippen LogP) is 4.63. The van der Waals surface area contributed by atoms with Crippen LogP contribution in [-0.4, -0.2) is 31.6 Å². The molecule has 0 bridgehead atoms. The van der Waals surface area contributed by atoms with E-state index in [4.69, 9.17) is 0 Å². The third kappa shape index (κ3) is 2.42. The molecule has 2 nitrogen and oxygen atoms in total. The molecule has 0 N–H and O–H groups in total. The number of anilines is 2. The Morgan fingerprint density at radius 3 is 2.14 bits per heavy atom. The summed E-state index contributed by atoms with van der Waals surface area (Å²) in [5, 5.41) is 0. The minimum absolute atomic E-state index is 0.358. The molecular weight excluding hydrogens is 288 g/mol. The van der Waals surface area contributed by atoms with Crippen LogP contribution < -0.4 is 4.90 Å². The second kappa shape index (κ2) is 5.32. The molecule has 0 aromatic heterocycles. The fourth-order valence-electron chi connectivity index (χ4n) is 3.73. The smallest absolute Gasteiger partial charge is 0.0553 e. The second-order valence-electron chi connectivity index (χ2n) is 6.92. The zero-order valence-corrected chi connectivity index (χ0v) is 14.1. The molecule has 0 unspecified atom stereocenters. The number of nitrogens with zero attached hydrogens (tertiary/aromatic N) is 2. The normalized spacial score (nSPS) is 24.2. The Morgan fingerprint density at radius 2 is 1.59 bits per heavy atom. The van der Waals surface area contributed by atoms with Crippen molar-refractivity contribution in [2.24, 2.45) is 5.41 Å². The van der Waals surface area contributed by atoms with Gasteiger partial charge in [-0.3, -0.25) is 0 Å². The molecular formula is C19H22N2S. The van der Waals surface area contributed by atoms with Gasteiger partial charge in [-0.2, -0.15) is 0 Å². The van der Waals surface area contributed by atoms with E-state index >= 15 is 0 Å². The first kappa shape index (κ1) is 14.2. The van der Waals surface area contributed by atoms with Gasteiger partial charge in [-0.05, 0) is 49.7 Å². The zero-order valence-electron chi connectivity index (χ0n) is 13.2. The molecule has 2 aliphatic heterocycles. The van der Waals surface area contributed by atoms with E-state index in [2.05, 4.69) is 72.3 Å². The highest BCUT2D eigenvalue weighted by Gasteiger charge is 2.36. The maximum atomic E-state index is 2.54. The van der Waals surface area contributed by atoms with Gasteiger partial charge in [0.25, 0.3) is 0 Å². The summed E-state index contributed by atoms with van der Waals surface area (Å²) in [5.41, 5.74) is 3.08. The Labute approximate surface area is 137 Å². The largest absolute Gasteiger partial charge is 0.339 e. The van der Waals surface area contributed by atoms with Gasteiger partial charge in [-0.1, -0.05) is 43.0 Å². The minimum atomic E-state index is 0.358. The quantitative estimate of drug-likeness (QED) is 0.798. The van der Waals surface area contributed by atoms with Gasteiger partial charge in [0.15, 0.2) is 0 Å². The molecule has 0 aliphatic carbocycles. The minimum Gasteiger partial charge on any atom is -0.339 e. The topological polar surface area (TPSA) is 6.48 Å². The molecule has 22 heavy (non-hydrogen) atoms. The standard InChI is InChI=1S/C19H22N2S/c1-19(11-12-20(2)13-19)14-21-15-7-3-5-9-17(15)22-18-10-6-4-8-16(18)21/h3-10H,11-14H2,1-2H3/t19-/m1/s1. The number of fused-ring (bicyclic) bond motifs is 2. The Bertz CT molecular complexity index is 654. The van der Waals surface area contributed by atoms with Crippen molar-refractivity contribution >= 4 is 23.1 Å². The number of benzene rings is 2. The molecule has 4 rings (SSSR count). The maximum Gasteiger partial charge on any atom is 0.0553 e. The lowest BCUT2D eigenvalue weighted by Crippen LogP contribution is -2.36. The molecule has 1 fully saturated rings. The van der Waals surface area contributed by atoms with Crippen LogP contribution in [0.2, 0.25) is 0 Å². The summed E-state index contributed by atoms with van der Waals surface area (Å²) in [7, 11) is 2.24. The number of para-hydroxylation sites is 2. The first-order valence-electron chi connectivity index (χ1n) is 7.97. The van der Waals surface area contributed by atoms with Crippen LogP contribution in [0.15, 0.2) is 58.3 Å². The summed E-state index contributed by atoms with van der Waals surface area (Å²) in [5.74, 6) is 0. The molecule has 0 saturated carbocycles. The van der Waals surface area contributed by atoms with Crippen LogP contribution in [0, 0.1) is 5.41 Å². The van der Waals surface area contributed by atoms with E-state index < -0.39 is 0 Å².